The summed E-state index contributed by atoms with van der Waals surface area (Å²) in [6.45, 7) is 9.42. The molecule has 5 N–H and O–H groups in total. The summed E-state index contributed by atoms with van der Waals surface area (Å²) in [4.78, 5) is 39.7. The molecule has 58 heavy (non-hydrogen) atoms. The van der Waals surface area contributed by atoms with Crippen LogP contribution in [0.5, 0.6) is 0 Å². The quantitative estimate of drug-likeness (QED) is 0.153. The smallest absolute Gasteiger partial charge is 0.240 e. The first-order chi connectivity index (χ1) is 27.5. The van der Waals surface area contributed by atoms with E-state index < -0.39 is 29.7 Å². The van der Waals surface area contributed by atoms with Crippen molar-refractivity contribution in [3.63, 3.8) is 0 Å². The molecule has 0 radical (unpaired) electrons. The summed E-state index contributed by atoms with van der Waals surface area (Å²) in [5.74, 6) is 1.83. The van der Waals surface area contributed by atoms with Crippen LogP contribution in [0.2, 0.25) is 0 Å². The van der Waals surface area contributed by atoms with Gasteiger partial charge in [-0.15, -0.1) is 0 Å². The number of fused-ring (bicyclic) bond motifs is 2. The van der Waals surface area contributed by atoms with Crippen molar-refractivity contribution < 1.29 is 34.5 Å². The van der Waals surface area contributed by atoms with Gasteiger partial charge in [0.05, 0.1) is 31.0 Å². The van der Waals surface area contributed by atoms with Crippen molar-refractivity contribution in [1.82, 2.24) is 25.5 Å². The largest absolute Gasteiger partial charge is 0.394 e. The molecular weight excluding hydrogens is 735 g/mol. The minimum Gasteiger partial charge on any atom is -0.394 e. The maximum atomic E-state index is 14.5. The number of likely N-dealkylation sites (N-methyl/N-ethyl adjacent to an activating group) is 1. The topological polar surface area (TPSA) is 147 Å². The maximum Gasteiger partial charge on any atom is 0.240 e. The lowest BCUT2D eigenvalue weighted by atomic mass is 9.45. The minimum atomic E-state index is -0.843. The molecule has 6 aliphatic carbocycles. The number of nitrogens with one attached hydrogen (secondary N) is 2. The summed E-state index contributed by atoms with van der Waals surface area (Å²) in [6, 6.07) is -0.399. The lowest BCUT2D eigenvalue weighted by Gasteiger charge is -2.62. The standard InChI is InChI=1S/C46H83N5O7/c1-28-37-21-34(45(37,3)4)22-38(28)47-44(56)41-40(29(2)54)39(25-52)58-51(41)24-31-16-13-17-36(42(31)57-9)32-18-33(20-35(19-32)50(7)8)43(55)48-46(27-53,26-49(5)6)23-30-14-11-10-12-15-30/h28-42,52-54H,10-27H2,1-9H3,(H,47,56)(H,48,55)/t28-,29-,31?,32?,33?,34+,35?,36?,37-,38-,39-,40+,41-,42?,46?/m0/s1. The van der Waals surface area contributed by atoms with Crippen LogP contribution in [0.3, 0.4) is 0 Å². The second-order valence-electron chi connectivity index (χ2n) is 21.5. The van der Waals surface area contributed by atoms with Crippen LogP contribution < -0.4 is 10.6 Å². The van der Waals surface area contributed by atoms with Crippen molar-refractivity contribution in [2.24, 2.45) is 58.7 Å². The van der Waals surface area contributed by atoms with Crippen molar-refractivity contribution in [3.8, 4) is 0 Å². The average Bonchev–Trinajstić information content (AvgIpc) is 3.56. The molecule has 12 nitrogen and oxygen atoms in total. The van der Waals surface area contributed by atoms with Crippen LogP contribution >= 0.6 is 0 Å². The summed E-state index contributed by atoms with van der Waals surface area (Å²) in [5, 5.41) is 41.2. The fraction of sp³-hybridized carbons (Fsp3) is 0.957. The van der Waals surface area contributed by atoms with Crippen LogP contribution in [0.25, 0.3) is 0 Å². The number of aliphatic hydroxyl groups excluding tert-OH is 3. The maximum absolute atomic E-state index is 14.5. The van der Waals surface area contributed by atoms with E-state index in [-0.39, 0.29) is 66.9 Å². The highest BCUT2D eigenvalue weighted by Gasteiger charge is 2.58. The third-order valence-corrected chi connectivity index (χ3v) is 16.9. The molecule has 1 saturated heterocycles. The van der Waals surface area contributed by atoms with Crippen LogP contribution in [0, 0.1) is 58.7 Å². The Balaban J connectivity index is 1.18. The number of amides is 2. The second kappa shape index (κ2) is 19.3. The fourth-order valence-corrected chi connectivity index (χ4v) is 13.6. The van der Waals surface area contributed by atoms with Crippen LogP contribution in [-0.4, -0.2) is 146 Å². The number of rotatable bonds is 16. The van der Waals surface area contributed by atoms with E-state index in [0.29, 0.717) is 42.2 Å². The van der Waals surface area contributed by atoms with Crippen LogP contribution in [0.15, 0.2) is 0 Å². The molecule has 2 amide bonds. The predicted molar refractivity (Wildman–Crippen MR) is 226 cm³/mol. The molecule has 334 valence electrons. The molecule has 1 aliphatic heterocycles. The lowest BCUT2D eigenvalue weighted by molar-refractivity contribution is -0.193. The molecule has 15 atom stereocenters. The predicted octanol–water partition coefficient (Wildman–Crippen LogP) is 4.30. The van der Waals surface area contributed by atoms with Crippen LogP contribution in [0.1, 0.15) is 118 Å². The second-order valence-corrected chi connectivity index (χ2v) is 21.5. The average molecular weight is 818 g/mol. The normalized spacial score (nSPS) is 39.9. The zero-order valence-electron chi connectivity index (χ0n) is 37.7. The summed E-state index contributed by atoms with van der Waals surface area (Å²) in [5.41, 5.74) is -0.367. The number of hydroxylamine groups is 2. The lowest BCUT2D eigenvalue weighted by Crippen LogP contribution is -2.62. The van der Waals surface area contributed by atoms with Crippen molar-refractivity contribution in [2.45, 2.75) is 160 Å². The number of hydrogen-bond donors (Lipinski definition) is 5. The van der Waals surface area contributed by atoms with Gasteiger partial charge in [-0.2, -0.15) is 5.06 Å². The van der Waals surface area contributed by atoms with Crippen molar-refractivity contribution >= 4 is 11.8 Å². The van der Waals surface area contributed by atoms with Crippen molar-refractivity contribution in [2.75, 3.05) is 61.6 Å². The number of carbonyl (C=O) groups is 2. The molecule has 12 heteroatoms. The first kappa shape index (κ1) is 46.1. The number of hydrogen-bond acceptors (Lipinski definition) is 10. The fourth-order valence-electron chi connectivity index (χ4n) is 13.6. The van der Waals surface area contributed by atoms with E-state index in [4.69, 9.17) is 9.57 Å². The van der Waals surface area contributed by atoms with Gasteiger partial charge in [0.25, 0.3) is 0 Å². The van der Waals surface area contributed by atoms with Gasteiger partial charge in [-0.1, -0.05) is 59.3 Å². The van der Waals surface area contributed by atoms with Crippen LogP contribution in [0.4, 0.5) is 0 Å². The van der Waals surface area contributed by atoms with Crippen molar-refractivity contribution in [3.05, 3.63) is 0 Å². The SMILES string of the molecule is COC1C(CN2O[C@@H](CO)[C@@H]([C@H](C)O)[C@H]2C(=O)N[C@H]2C[C@H]3C[C@@H]([C@@H]2C)C3(C)C)CCCC1C1CC(C(=O)NC(CO)(CC2CCCCC2)CN(C)C)CC(N(C)C)C1. The Morgan fingerprint density at radius 2 is 1.69 bits per heavy atom. The van der Waals surface area contributed by atoms with Gasteiger partial charge in [-0.3, -0.25) is 14.4 Å². The Morgan fingerprint density at radius 1 is 0.966 bits per heavy atom. The highest BCUT2D eigenvalue weighted by Crippen LogP contribution is 2.61. The van der Waals surface area contributed by atoms with Gasteiger partial charge >= 0.3 is 0 Å². The van der Waals surface area contributed by atoms with E-state index in [9.17, 15) is 24.9 Å². The van der Waals surface area contributed by atoms with E-state index in [0.717, 1.165) is 64.2 Å². The molecular formula is C46H83N5O7. The van der Waals surface area contributed by atoms with E-state index in [1.54, 1.807) is 19.1 Å². The Morgan fingerprint density at radius 3 is 2.28 bits per heavy atom. The Kier molecular flexibility index (Phi) is 15.4. The molecule has 7 unspecified atom stereocenters. The summed E-state index contributed by atoms with van der Waals surface area (Å²) >= 11 is 0. The Bertz CT molecular complexity index is 1360. The first-order valence-corrected chi connectivity index (χ1v) is 23.3. The van der Waals surface area contributed by atoms with E-state index >= 15 is 0 Å². The monoisotopic (exact) mass is 818 g/mol. The molecule has 7 aliphatic rings. The molecule has 0 spiro atoms. The highest BCUT2D eigenvalue weighted by molar-refractivity contribution is 5.83. The third kappa shape index (κ3) is 9.79. The zero-order valence-corrected chi connectivity index (χ0v) is 37.7. The zero-order chi connectivity index (χ0) is 42.1. The van der Waals surface area contributed by atoms with Gasteiger partial charge in [0.1, 0.15) is 12.1 Å². The number of nitrogens with zero attached hydrogens (tertiary/aromatic N) is 3. The number of aliphatic hydroxyl groups is 3. The molecule has 0 aromatic heterocycles. The molecule has 7 fully saturated rings. The van der Waals surface area contributed by atoms with E-state index in [1.807, 2.05) is 14.1 Å². The molecule has 2 bridgehead atoms. The molecule has 0 aromatic rings. The molecule has 0 aromatic carbocycles. The van der Waals surface area contributed by atoms with E-state index in [1.165, 1.54) is 25.7 Å². The Labute approximate surface area is 350 Å². The van der Waals surface area contributed by atoms with Gasteiger partial charge in [0, 0.05) is 50.0 Å². The molecule has 6 saturated carbocycles. The van der Waals surface area contributed by atoms with Gasteiger partial charge < -0.3 is 40.5 Å². The van der Waals surface area contributed by atoms with Crippen molar-refractivity contribution in [1.29, 1.82) is 0 Å². The summed E-state index contributed by atoms with van der Waals surface area (Å²) < 4.78 is 6.46. The molecule has 7 rings (SSSR count). The molecule has 1 heterocycles. The van der Waals surface area contributed by atoms with Gasteiger partial charge in [0.2, 0.25) is 11.8 Å². The summed E-state index contributed by atoms with van der Waals surface area (Å²) in [7, 11) is 10.1. The Hall–Kier alpha value is -1.38. The van der Waals surface area contributed by atoms with E-state index in [2.05, 4.69) is 55.3 Å². The van der Waals surface area contributed by atoms with Gasteiger partial charge in [0.15, 0.2) is 0 Å². The van der Waals surface area contributed by atoms with Crippen LogP contribution in [-0.2, 0) is 19.2 Å². The number of methoxy groups -OCH3 is 1. The number of ether oxygens (including phenoxy) is 1. The van der Waals surface area contributed by atoms with Gasteiger partial charge in [-0.25, -0.2) is 0 Å². The first-order valence-electron chi connectivity index (χ1n) is 23.3. The third-order valence-electron chi connectivity index (χ3n) is 16.9. The van der Waals surface area contributed by atoms with Gasteiger partial charge in [-0.05, 0) is 127 Å². The highest BCUT2D eigenvalue weighted by atomic mass is 16.7. The minimum absolute atomic E-state index is 0.0660. The number of carbonyl (C=O) groups excluding carboxylic acids is 2. The summed E-state index contributed by atoms with van der Waals surface area (Å²) in [6.07, 6.45) is 12.9.